The van der Waals surface area contributed by atoms with Crippen LogP contribution in [0.4, 0.5) is 0 Å². The Morgan fingerprint density at radius 1 is 0.476 bits per heavy atom. The number of hydrogen-bond donors (Lipinski definition) is 1. The van der Waals surface area contributed by atoms with Crippen LogP contribution in [0.2, 0.25) is 0 Å². The van der Waals surface area contributed by atoms with Crippen molar-refractivity contribution in [2.45, 2.75) is 206 Å². The SMILES string of the molecule is CC/C=C/C/C=C/C/C=C/C/C=C/CCCCCCCCC(=O)OCC(COCCC(C(=O)O)[N+](C)(C)C)OC(=O)CCCCCCCCCCCC/C=C/C/C=C/C/C=C/CC. The highest BCUT2D eigenvalue weighted by atomic mass is 16.6. The van der Waals surface area contributed by atoms with E-state index in [0.717, 1.165) is 96.3 Å². The molecule has 0 aliphatic carbocycles. The van der Waals surface area contributed by atoms with Crippen molar-refractivity contribution < 1.29 is 38.2 Å². The van der Waals surface area contributed by atoms with Crippen LogP contribution in [0.15, 0.2) is 85.1 Å². The van der Waals surface area contributed by atoms with Crippen LogP contribution in [0.3, 0.4) is 0 Å². The van der Waals surface area contributed by atoms with Crippen molar-refractivity contribution in [2.24, 2.45) is 0 Å². The Balaban J connectivity index is 4.30. The van der Waals surface area contributed by atoms with Gasteiger partial charge in [-0.05, 0) is 83.5 Å². The molecule has 0 aromatic heterocycles. The predicted octanol–water partition coefficient (Wildman–Crippen LogP) is 14.5. The fourth-order valence-electron chi connectivity index (χ4n) is 6.98. The maximum absolute atomic E-state index is 12.8. The Hall–Kier alpha value is -3.49. The lowest BCUT2D eigenvalue weighted by molar-refractivity contribution is -0.887. The van der Waals surface area contributed by atoms with Gasteiger partial charge in [0.15, 0.2) is 12.1 Å². The summed E-state index contributed by atoms with van der Waals surface area (Å²) in [6.07, 6.45) is 59.1. The first-order valence-corrected chi connectivity index (χ1v) is 25.1. The first kappa shape index (κ1) is 59.5. The largest absolute Gasteiger partial charge is 0.477 e. The number of carbonyl (C=O) groups is 3. The summed E-state index contributed by atoms with van der Waals surface area (Å²) in [6.45, 7) is 4.50. The van der Waals surface area contributed by atoms with Crippen LogP contribution < -0.4 is 0 Å². The molecule has 360 valence electrons. The summed E-state index contributed by atoms with van der Waals surface area (Å²) in [4.78, 5) is 37.2. The smallest absolute Gasteiger partial charge is 0.362 e. The molecule has 0 aromatic rings. The Morgan fingerprint density at radius 3 is 1.24 bits per heavy atom. The minimum Gasteiger partial charge on any atom is -0.477 e. The summed E-state index contributed by atoms with van der Waals surface area (Å²) in [5.41, 5.74) is 0. The van der Waals surface area contributed by atoms with Crippen LogP contribution in [0.1, 0.15) is 194 Å². The highest BCUT2D eigenvalue weighted by molar-refractivity contribution is 5.72. The molecule has 0 rings (SSSR count). The number of carbonyl (C=O) groups excluding carboxylic acids is 2. The quantitative estimate of drug-likeness (QED) is 0.0282. The van der Waals surface area contributed by atoms with Gasteiger partial charge >= 0.3 is 17.9 Å². The fraction of sp³-hybridized carbons (Fsp3) is 0.691. The average molecular weight is 881 g/mol. The van der Waals surface area contributed by atoms with Crippen molar-refractivity contribution >= 4 is 17.9 Å². The van der Waals surface area contributed by atoms with Gasteiger partial charge in [-0.2, -0.15) is 0 Å². The van der Waals surface area contributed by atoms with Crippen LogP contribution in [0.25, 0.3) is 0 Å². The van der Waals surface area contributed by atoms with Gasteiger partial charge in [-0.15, -0.1) is 0 Å². The van der Waals surface area contributed by atoms with Gasteiger partial charge in [0.1, 0.15) is 6.61 Å². The molecule has 0 saturated heterocycles. The molecule has 0 aliphatic heterocycles. The molecule has 8 heteroatoms. The zero-order chi connectivity index (χ0) is 46.3. The number of aliphatic carboxylic acids is 1. The summed E-state index contributed by atoms with van der Waals surface area (Å²) in [5, 5.41) is 9.65. The third-order valence-corrected chi connectivity index (χ3v) is 10.8. The van der Waals surface area contributed by atoms with Crippen LogP contribution >= 0.6 is 0 Å². The maximum atomic E-state index is 12.8. The Bertz CT molecular complexity index is 1300. The zero-order valence-electron chi connectivity index (χ0n) is 41.0. The Kier molecular flexibility index (Phi) is 42.6. The van der Waals surface area contributed by atoms with Crippen molar-refractivity contribution in [3.8, 4) is 0 Å². The van der Waals surface area contributed by atoms with Crippen LogP contribution in [0, 0.1) is 0 Å². The Labute approximate surface area is 386 Å². The van der Waals surface area contributed by atoms with Crippen LogP contribution in [-0.2, 0) is 28.6 Å². The molecule has 2 unspecified atom stereocenters. The van der Waals surface area contributed by atoms with E-state index in [4.69, 9.17) is 14.2 Å². The fourth-order valence-corrected chi connectivity index (χ4v) is 6.98. The van der Waals surface area contributed by atoms with Gasteiger partial charge in [0.25, 0.3) is 0 Å². The van der Waals surface area contributed by atoms with Crippen molar-refractivity contribution in [2.75, 3.05) is 41.0 Å². The van der Waals surface area contributed by atoms with Gasteiger partial charge in [-0.3, -0.25) is 9.59 Å². The summed E-state index contributed by atoms with van der Waals surface area (Å²) >= 11 is 0. The van der Waals surface area contributed by atoms with Crippen LogP contribution in [-0.4, -0.2) is 80.6 Å². The van der Waals surface area contributed by atoms with E-state index in [9.17, 15) is 19.5 Å². The normalized spacial score (nSPS) is 13.6. The monoisotopic (exact) mass is 881 g/mol. The second-order valence-corrected chi connectivity index (χ2v) is 17.7. The number of ether oxygens (including phenoxy) is 3. The third kappa shape index (κ3) is 43.5. The summed E-state index contributed by atoms with van der Waals surface area (Å²) in [7, 11) is 5.52. The highest BCUT2D eigenvalue weighted by Crippen LogP contribution is 2.15. The number of quaternary nitrogens is 1. The molecule has 0 aliphatic rings. The number of allylic oxidation sites excluding steroid dienone is 14. The van der Waals surface area contributed by atoms with Gasteiger partial charge in [0.05, 0.1) is 34.4 Å². The van der Waals surface area contributed by atoms with E-state index in [2.05, 4.69) is 98.9 Å². The lowest BCUT2D eigenvalue weighted by atomic mass is 10.0. The average Bonchev–Trinajstić information content (AvgIpc) is 3.24. The standard InChI is InChI=1S/C55H93NO7/c1-6-8-10-12-14-16-18-20-22-24-26-28-30-32-34-36-38-40-42-44-46-54(58)63-51(49-61-48-47-52(55(59)60)56(3,4)5)50-62-53(57)45-43-41-39-37-35-33-31-29-27-25-23-21-19-17-15-13-11-9-7-2/h8-11,14-17,20-23,27,29,51-52H,6-7,12-13,18-19,24-26,28,30-50H2,1-5H3/p+1/b10-8+,11-9+,16-14+,17-15+,22-20+,23-21+,29-27+. The number of carboxylic acid groups (broad SMARTS) is 1. The van der Waals surface area contributed by atoms with E-state index in [-0.39, 0.29) is 36.2 Å². The summed E-state index contributed by atoms with van der Waals surface area (Å²) in [6, 6.07) is -0.622. The molecule has 0 aromatic carbocycles. The molecule has 1 N–H and O–H groups in total. The molecule has 0 heterocycles. The van der Waals surface area contributed by atoms with Crippen molar-refractivity contribution in [1.82, 2.24) is 0 Å². The summed E-state index contributed by atoms with van der Waals surface area (Å²) in [5.74, 6) is -1.49. The molecule has 0 spiro atoms. The lowest BCUT2D eigenvalue weighted by Gasteiger charge is -2.31. The minimum atomic E-state index is -0.880. The van der Waals surface area contributed by atoms with E-state index in [1.54, 1.807) is 0 Å². The van der Waals surface area contributed by atoms with Gasteiger partial charge in [-0.1, -0.05) is 176 Å². The Morgan fingerprint density at radius 2 is 0.841 bits per heavy atom. The number of carboxylic acids is 1. The van der Waals surface area contributed by atoms with E-state index < -0.39 is 18.1 Å². The third-order valence-electron chi connectivity index (χ3n) is 10.8. The van der Waals surface area contributed by atoms with Crippen molar-refractivity contribution in [1.29, 1.82) is 0 Å². The van der Waals surface area contributed by atoms with E-state index >= 15 is 0 Å². The molecule has 0 radical (unpaired) electrons. The molecular formula is C55H94NO7+. The molecule has 2 atom stereocenters. The predicted molar refractivity (Wildman–Crippen MR) is 266 cm³/mol. The number of unbranched alkanes of at least 4 members (excludes halogenated alkanes) is 16. The van der Waals surface area contributed by atoms with Crippen molar-refractivity contribution in [3.63, 3.8) is 0 Å². The zero-order valence-corrected chi connectivity index (χ0v) is 41.0. The number of rotatable bonds is 44. The second-order valence-electron chi connectivity index (χ2n) is 17.7. The first-order valence-electron chi connectivity index (χ1n) is 25.1. The molecule has 0 saturated carbocycles. The molecule has 63 heavy (non-hydrogen) atoms. The lowest BCUT2D eigenvalue weighted by Crippen LogP contribution is -2.50. The first-order chi connectivity index (χ1) is 30.6. The summed E-state index contributed by atoms with van der Waals surface area (Å²) < 4.78 is 17.3. The topological polar surface area (TPSA) is 99.1 Å². The van der Waals surface area contributed by atoms with Gasteiger partial charge in [0.2, 0.25) is 0 Å². The number of likely N-dealkylation sites (N-methyl/N-ethyl adjacent to an activating group) is 1. The van der Waals surface area contributed by atoms with Gasteiger partial charge < -0.3 is 23.8 Å². The van der Waals surface area contributed by atoms with E-state index in [1.165, 1.54) is 64.2 Å². The van der Waals surface area contributed by atoms with E-state index in [0.29, 0.717) is 19.3 Å². The highest BCUT2D eigenvalue weighted by Gasteiger charge is 2.31. The van der Waals surface area contributed by atoms with Gasteiger partial charge in [0, 0.05) is 19.3 Å². The molecular weight excluding hydrogens is 787 g/mol. The minimum absolute atomic E-state index is 0.0507. The van der Waals surface area contributed by atoms with E-state index in [1.807, 2.05) is 21.1 Å². The molecule has 0 amide bonds. The van der Waals surface area contributed by atoms with Crippen LogP contribution in [0.5, 0.6) is 0 Å². The number of hydrogen-bond acceptors (Lipinski definition) is 6. The number of nitrogens with zero attached hydrogens (tertiary/aromatic N) is 1. The molecule has 0 bridgehead atoms. The number of esters is 2. The maximum Gasteiger partial charge on any atom is 0.362 e. The second kappa shape index (κ2) is 45.1. The van der Waals surface area contributed by atoms with Crippen molar-refractivity contribution in [3.05, 3.63) is 85.1 Å². The molecule has 0 fully saturated rings. The van der Waals surface area contributed by atoms with Gasteiger partial charge in [-0.25, -0.2) is 4.79 Å². The molecule has 8 nitrogen and oxygen atoms in total.